The molecule has 1 aromatic carbocycles. The molecule has 2 saturated heterocycles. The molecule has 158 valence electrons. The first-order chi connectivity index (χ1) is 14.5. The van der Waals surface area contributed by atoms with Gasteiger partial charge >= 0.3 is 6.09 Å². The van der Waals surface area contributed by atoms with Gasteiger partial charge in [0.25, 0.3) is 0 Å². The number of hydrogen-bond donors (Lipinski definition) is 3. The number of ether oxygens (including phenoxy) is 1. The van der Waals surface area contributed by atoms with E-state index < -0.39 is 6.09 Å². The van der Waals surface area contributed by atoms with Gasteiger partial charge in [0.2, 0.25) is 11.9 Å². The molecule has 2 fully saturated rings. The summed E-state index contributed by atoms with van der Waals surface area (Å²) < 4.78 is 5.44. The lowest BCUT2D eigenvalue weighted by Gasteiger charge is -2.28. The lowest BCUT2D eigenvalue weighted by Crippen LogP contribution is -2.38. The summed E-state index contributed by atoms with van der Waals surface area (Å²) in [5.74, 6) is 1.07. The fourth-order valence-corrected chi connectivity index (χ4v) is 3.76. The van der Waals surface area contributed by atoms with Crippen LogP contribution in [0, 0.1) is 0 Å². The molecule has 30 heavy (non-hydrogen) atoms. The van der Waals surface area contributed by atoms with Crippen molar-refractivity contribution in [1.82, 2.24) is 15.3 Å². The Kier molecular flexibility index (Phi) is 5.66. The van der Waals surface area contributed by atoms with E-state index in [0.717, 1.165) is 11.2 Å². The maximum absolute atomic E-state index is 11.7. The molecular weight excluding hydrogens is 388 g/mol. The number of anilines is 3. The predicted octanol–water partition coefficient (Wildman–Crippen LogP) is 1.44. The van der Waals surface area contributed by atoms with E-state index in [0.29, 0.717) is 63.0 Å². The number of morpholine rings is 1. The summed E-state index contributed by atoms with van der Waals surface area (Å²) in [7, 11) is 0. The van der Waals surface area contributed by atoms with Crippen LogP contribution in [0.15, 0.2) is 30.9 Å². The third-order valence-corrected chi connectivity index (χ3v) is 5.23. The normalized spacial score (nSPS) is 19.0. The van der Waals surface area contributed by atoms with Gasteiger partial charge in [-0.05, 0) is 30.7 Å². The van der Waals surface area contributed by atoms with Gasteiger partial charge in [0.05, 0.1) is 24.8 Å². The first kappa shape index (κ1) is 19.9. The van der Waals surface area contributed by atoms with Gasteiger partial charge < -0.3 is 30.3 Å². The monoisotopic (exact) mass is 412 g/mol. The van der Waals surface area contributed by atoms with E-state index in [4.69, 9.17) is 19.8 Å². The molecule has 1 aromatic heterocycles. The van der Waals surface area contributed by atoms with Gasteiger partial charge in [-0.2, -0.15) is 4.98 Å². The number of carboxylic acid groups (broad SMARTS) is 1. The fourth-order valence-electron chi connectivity index (χ4n) is 3.76. The van der Waals surface area contributed by atoms with Crippen LogP contribution in [-0.4, -0.2) is 72.5 Å². The summed E-state index contributed by atoms with van der Waals surface area (Å²) in [6.07, 6.45) is 0.901. The smallest absolute Gasteiger partial charge is 0.404 e. The number of aromatic nitrogens is 2. The summed E-state index contributed by atoms with van der Waals surface area (Å²) in [4.78, 5) is 36.4. The number of nitrogens with one attached hydrogen (secondary N) is 2. The average molecular weight is 412 g/mol. The number of benzene rings is 1. The summed E-state index contributed by atoms with van der Waals surface area (Å²) in [5.41, 5.74) is 1.33. The molecule has 1 atom stereocenters. The van der Waals surface area contributed by atoms with Crippen LogP contribution >= 0.6 is 0 Å². The zero-order valence-electron chi connectivity index (χ0n) is 16.5. The third kappa shape index (κ3) is 4.28. The Bertz CT molecular complexity index is 975. The first-order valence-corrected chi connectivity index (χ1v) is 9.86. The van der Waals surface area contributed by atoms with Crippen LogP contribution in [0.3, 0.4) is 0 Å². The number of carbonyl (C=O) groups excluding carboxylic acids is 1. The van der Waals surface area contributed by atoms with Gasteiger partial charge in [0, 0.05) is 37.3 Å². The molecule has 1 unspecified atom stereocenters. The van der Waals surface area contributed by atoms with Crippen LogP contribution < -0.4 is 20.4 Å². The highest BCUT2D eigenvalue weighted by Gasteiger charge is 2.27. The Morgan fingerprint density at radius 1 is 1.20 bits per heavy atom. The van der Waals surface area contributed by atoms with E-state index in [9.17, 15) is 9.59 Å². The van der Waals surface area contributed by atoms with E-state index in [1.807, 2.05) is 12.1 Å². The number of hydrogen-bond acceptors (Lipinski definition) is 7. The number of nitrogens with zero attached hydrogens (tertiary/aromatic N) is 4. The standard InChI is InChI=1S/C20H24N6O4/c1-2-17(27)21-13-3-4-15-16(11-13)23-19(25-7-9-30-10-8-25)24-18(15)26-6-5-14(12-26)22-20(28)29/h2-4,11,14,22H,1,5-10,12H2,(H,21,27)(H,28,29). The van der Waals surface area contributed by atoms with Crippen LogP contribution in [0.25, 0.3) is 10.9 Å². The summed E-state index contributed by atoms with van der Waals surface area (Å²) >= 11 is 0. The molecule has 10 nitrogen and oxygen atoms in total. The molecule has 2 aliphatic rings. The molecule has 2 aromatic rings. The average Bonchev–Trinajstić information content (AvgIpc) is 3.20. The fraction of sp³-hybridized carbons (Fsp3) is 0.400. The number of rotatable bonds is 5. The minimum absolute atomic E-state index is 0.148. The SMILES string of the molecule is C=CC(=O)Nc1ccc2c(N3CCC(NC(=O)O)C3)nc(N3CCOCC3)nc2c1. The van der Waals surface area contributed by atoms with E-state index in [1.165, 1.54) is 6.08 Å². The van der Waals surface area contributed by atoms with Crippen LogP contribution in [-0.2, 0) is 9.53 Å². The van der Waals surface area contributed by atoms with Crippen molar-refractivity contribution in [3.8, 4) is 0 Å². The Morgan fingerprint density at radius 3 is 2.73 bits per heavy atom. The van der Waals surface area contributed by atoms with Gasteiger partial charge in [-0.3, -0.25) is 4.79 Å². The molecule has 2 aliphatic heterocycles. The van der Waals surface area contributed by atoms with Crippen molar-refractivity contribution in [1.29, 1.82) is 0 Å². The predicted molar refractivity (Wildman–Crippen MR) is 113 cm³/mol. The van der Waals surface area contributed by atoms with Gasteiger partial charge in [0.1, 0.15) is 5.82 Å². The molecule has 0 spiro atoms. The minimum atomic E-state index is -1.02. The lowest BCUT2D eigenvalue weighted by molar-refractivity contribution is -0.111. The van der Waals surface area contributed by atoms with Gasteiger partial charge in [0.15, 0.2) is 0 Å². The molecular formula is C20H24N6O4. The van der Waals surface area contributed by atoms with Crippen LogP contribution in [0.5, 0.6) is 0 Å². The Labute approximate surface area is 173 Å². The maximum Gasteiger partial charge on any atom is 0.404 e. The van der Waals surface area contributed by atoms with E-state index in [1.54, 1.807) is 6.07 Å². The number of amides is 2. The second-order valence-corrected chi connectivity index (χ2v) is 7.25. The van der Waals surface area contributed by atoms with Gasteiger partial charge in [-0.1, -0.05) is 6.58 Å². The van der Waals surface area contributed by atoms with Crippen LogP contribution in [0.1, 0.15) is 6.42 Å². The molecule has 10 heteroatoms. The minimum Gasteiger partial charge on any atom is -0.465 e. The van der Waals surface area contributed by atoms with Crippen molar-refractivity contribution in [2.45, 2.75) is 12.5 Å². The largest absolute Gasteiger partial charge is 0.465 e. The second kappa shape index (κ2) is 8.54. The summed E-state index contributed by atoms with van der Waals surface area (Å²) in [6, 6.07) is 5.35. The lowest BCUT2D eigenvalue weighted by atomic mass is 10.2. The van der Waals surface area contributed by atoms with Crippen molar-refractivity contribution < 1.29 is 19.4 Å². The highest BCUT2D eigenvalue weighted by Crippen LogP contribution is 2.31. The molecule has 0 bridgehead atoms. The zero-order valence-corrected chi connectivity index (χ0v) is 16.5. The molecule has 4 rings (SSSR count). The Balaban J connectivity index is 1.72. The van der Waals surface area contributed by atoms with Crippen LogP contribution in [0.2, 0.25) is 0 Å². The second-order valence-electron chi connectivity index (χ2n) is 7.25. The number of fused-ring (bicyclic) bond motifs is 1. The van der Waals surface area contributed by atoms with Gasteiger partial charge in [-0.25, -0.2) is 9.78 Å². The van der Waals surface area contributed by atoms with Crippen LogP contribution in [0.4, 0.5) is 22.2 Å². The summed E-state index contributed by atoms with van der Waals surface area (Å²) in [6.45, 7) is 7.32. The zero-order chi connectivity index (χ0) is 21.1. The molecule has 3 heterocycles. The van der Waals surface area contributed by atoms with Crippen molar-refractivity contribution in [2.75, 3.05) is 54.5 Å². The number of carbonyl (C=O) groups is 2. The molecule has 3 N–H and O–H groups in total. The van der Waals surface area contributed by atoms with Crippen molar-refractivity contribution >= 4 is 40.4 Å². The highest BCUT2D eigenvalue weighted by atomic mass is 16.5. The van der Waals surface area contributed by atoms with Crippen molar-refractivity contribution in [2.24, 2.45) is 0 Å². The maximum atomic E-state index is 11.7. The molecule has 0 aliphatic carbocycles. The van der Waals surface area contributed by atoms with Crippen molar-refractivity contribution in [3.05, 3.63) is 30.9 Å². The van der Waals surface area contributed by atoms with E-state index in [-0.39, 0.29) is 11.9 Å². The Morgan fingerprint density at radius 2 is 2.00 bits per heavy atom. The first-order valence-electron chi connectivity index (χ1n) is 9.86. The molecule has 0 saturated carbocycles. The topological polar surface area (TPSA) is 120 Å². The molecule has 2 amide bonds. The Hall–Kier alpha value is -3.40. The summed E-state index contributed by atoms with van der Waals surface area (Å²) in [5, 5.41) is 15.2. The molecule has 0 radical (unpaired) electrons. The van der Waals surface area contributed by atoms with Crippen molar-refractivity contribution in [3.63, 3.8) is 0 Å². The highest BCUT2D eigenvalue weighted by molar-refractivity contribution is 6.01. The quantitative estimate of drug-likeness (QED) is 0.631. The van der Waals surface area contributed by atoms with E-state index in [2.05, 4.69) is 27.0 Å². The third-order valence-electron chi connectivity index (χ3n) is 5.23. The van der Waals surface area contributed by atoms with Gasteiger partial charge in [-0.15, -0.1) is 0 Å². The van der Waals surface area contributed by atoms with E-state index >= 15 is 0 Å².